The summed E-state index contributed by atoms with van der Waals surface area (Å²) in [6.07, 6.45) is 3.13. The monoisotopic (exact) mass is 349 g/mol. The van der Waals surface area contributed by atoms with Crippen LogP contribution in [-0.2, 0) is 11.2 Å². The fourth-order valence-electron chi connectivity index (χ4n) is 2.69. The fourth-order valence-corrected chi connectivity index (χ4v) is 4.11. The summed E-state index contributed by atoms with van der Waals surface area (Å²) >= 11 is 6.92. The molecule has 0 aromatic heterocycles. The zero-order valence-corrected chi connectivity index (χ0v) is 15.0. The summed E-state index contributed by atoms with van der Waals surface area (Å²) in [5.41, 5.74) is 1.19. The van der Waals surface area contributed by atoms with E-state index in [9.17, 15) is 9.90 Å². The largest absolute Gasteiger partial charge is 0.392 e. The summed E-state index contributed by atoms with van der Waals surface area (Å²) in [7, 11) is 0. The Balaban J connectivity index is 2.06. The topological polar surface area (TPSA) is 40.5 Å². The summed E-state index contributed by atoms with van der Waals surface area (Å²) in [5.74, 6) is 0.289. The van der Waals surface area contributed by atoms with Gasteiger partial charge >= 0.3 is 0 Å². The van der Waals surface area contributed by atoms with Crippen LogP contribution in [0.5, 0.6) is 0 Å². The van der Waals surface area contributed by atoms with Gasteiger partial charge in [-0.2, -0.15) is 0 Å². The molecule has 1 fully saturated rings. The lowest BCUT2D eigenvalue weighted by atomic mass is 9.97. The second kappa shape index (κ2) is 8.62. The molecule has 23 heavy (non-hydrogen) atoms. The minimum Gasteiger partial charge on any atom is -0.392 e. The lowest BCUT2D eigenvalue weighted by Gasteiger charge is -2.28. The Labute approximate surface area is 147 Å². The van der Waals surface area contributed by atoms with Crippen molar-refractivity contribution < 1.29 is 9.90 Å². The number of amides is 1. The van der Waals surface area contributed by atoms with Gasteiger partial charge in [-0.1, -0.05) is 67.3 Å². The Hall–Kier alpha value is -1.17. The molecule has 0 bridgehead atoms. The third kappa shape index (κ3) is 4.66. The Morgan fingerprint density at radius 2 is 2.22 bits per heavy atom. The van der Waals surface area contributed by atoms with Gasteiger partial charge in [0.2, 0.25) is 5.91 Å². The number of carbonyl (C=O) groups is 1. The molecule has 1 heterocycles. The second-order valence-corrected chi connectivity index (χ2v) is 7.50. The number of aliphatic hydroxyl groups is 1. The van der Waals surface area contributed by atoms with E-state index in [4.69, 9.17) is 12.2 Å². The number of aliphatic hydroxyl groups excluding tert-OH is 1. The number of benzene rings is 1. The van der Waals surface area contributed by atoms with Crippen molar-refractivity contribution in [1.29, 1.82) is 0 Å². The lowest BCUT2D eigenvalue weighted by Crippen LogP contribution is -2.45. The molecule has 1 N–H and O–H groups in total. The molecule has 1 saturated heterocycles. The van der Waals surface area contributed by atoms with Gasteiger partial charge in [0.15, 0.2) is 0 Å². The van der Waals surface area contributed by atoms with Crippen molar-refractivity contribution in [3.05, 3.63) is 48.6 Å². The second-order valence-electron chi connectivity index (χ2n) is 5.85. The molecule has 0 saturated carbocycles. The van der Waals surface area contributed by atoms with E-state index < -0.39 is 12.0 Å². The summed E-state index contributed by atoms with van der Waals surface area (Å²) < 4.78 is 0.624. The molecule has 3 atom stereocenters. The average Bonchev–Trinajstić information content (AvgIpc) is 2.92. The summed E-state index contributed by atoms with van der Waals surface area (Å²) in [6.45, 7) is 5.43. The highest BCUT2D eigenvalue weighted by Gasteiger charge is 2.37. The maximum atomic E-state index is 12.8. The number of hydrogen-bond acceptors (Lipinski definition) is 4. The molecule has 1 aliphatic heterocycles. The van der Waals surface area contributed by atoms with Crippen molar-refractivity contribution in [3.8, 4) is 0 Å². The summed E-state index contributed by atoms with van der Waals surface area (Å²) in [4.78, 5) is 14.5. The molecule has 3 nitrogen and oxygen atoms in total. The third-order valence-electron chi connectivity index (χ3n) is 4.15. The van der Waals surface area contributed by atoms with Crippen LogP contribution in [0.15, 0.2) is 43.0 Å². The minimum absolute atomic E-state index is 0.0662. The number of allylic oxidation sites excluding steroid dienone is 1. The molecule has 5 heteroatoms. The van der Waals surface area contributed by atoms with Crippen LogP contribution in [0.25, 0.3) is 0 Å². The number of thiocarbonyl (C=S) groups is 1. The van der Waals surface area contributed by atoms with Gasteiger partial charge in [0.25, 0.3) is 0 Å². The highest BCUT2D eigenvalue weighted by atomic mass is 32.2. The smallest absolute Gasteiger partial charge is 0.233 e. The van der Waals surface area contributed by atoms with Gasteiger partial charge in [-0.3, -0.25) is 9.69 Å². The van der Waals surface area contributed by atoms with Crippen molar-refractivity contribution in [2.24, 2.45) is 5.92 Å². The molecule has 0 unspecified atom stereocenters. The molecule has 1 amide bonds. The predicted molar refractivity (Wildman–Crippen MR) is 100 cm³/mol. The van der Waals surface area contributed by atoms with E-state index in [-0.39, 0.29) is 11.9 Å². The maximum Gasteiger partial charge on any atom is 0.233 e. The third-order valence-corrected chi connectivity index (χ3v) is 5.69. The molecule has 124 valence electrons. The van der Waals surface area contributed by atoms with E-state index in [1.807, 2.05) is 18.2 Å². The van der Waals surface area contributed by atoms with Crippen LogP contribution >= 0.6 is 24.0 Å². The molecule has 0 aliphatic carbocycles. The van der Waals surface area contributed by atoms with Crippen LogP contribution in [0.3, 0.4) is 0 Å². The molecule has 1 aromatic carbocycles. The van der Waals surface area contributed by atoms with Gasteiger partial charge in [-0.25, -0.2) is 0 Å². The Morgan fingerprint density at radius 3 is 2.87 bits per heavy atom. The van der Waals surface area contributed by atoms with E-state index in [2.05, 4.69) is 18.7 Å². The molecular weight excluding hydrogens is 326 g/mol. The van der Waals surface area contributed by atoms with E-state index in [1.54, 1.807) is 29.7 Å². The van der Waals surface area contributed by atoms with E-state index in [0.29, 0.717) is 17.2 Å². The normalized spacial score (nSPS) is 20.3. The summed E-state index contributed by atoms with van der Waals surface area (Å²) in [6, 6.07) is 10.2. The van der Waals surface area contributed by atoms with Crippen molar-refractivity contribution in [1.82, 2.24) is 4.90 Å². The van der Waals surface area contributed by atoms with E-state index >= 15 is 0 Å². The molecule has 1 aliphatic rings. The van der Waals surface area contributed by atoms with Gasteiger partial charge in [0, 0.05) is 5.75 Å². The Morgan fingerprint density at radius 1 is 1.52 bits per heavy atom. The van der Waals surface area contributed by atoms with Gasteiger partial charge in [0.1, 0.15) is 4.32 Å². The van der Waals surface area contributed by atoms with E-state index in [1.165, 1.54) is 5.56 Å². The molecule has 1 aromatic rings. The molecule has 0 spiro atoms. The van der Waals surface area contributed by atoms with Crippen LogP contribution in [0.2, 0.25) is 0 Å². The maximum absolute atomic E-state index is 12.8. The zero-order valence-electron chi connectivity index (χ0n) is 13.4. The van der Waals surface area contributed by atoms with Gasteiger partial charge in [-0.15, -0.1) is 6.58 Å². The number of hydrogen-bond donors (Lipinski definition) is 1. The fraction of sp³-hybridized carbons (Fsp3) is 0.444. The van der Waals surface area contributed by atoms with Crippen molar-refractivity contribution >= 4 is 34.2 Å². The molecule has 0 radical (unpaired) electrons. The Bertz CT molecular complexity index is 561. The highest BCUT2D eigenvalue weighted by Crippen LogP contribution is 2.29. The Kier molecular flexibility index (Phi) is 6.81. The van der Waals surface area contributed by atoms with Crippen LogP contribution in [0.4, 0.5) is 0 Å². The van der Waals surface area contributed by atoms with Gasteiger partial charge in [-0.05, 0) is 24.8 Å². The lowest BCUT2D eigenvalue weighted by molar-refractivity contribution is -0.135. The number of nitrogens with zero attached hydrogens (tertiary/aromatic N) is 1. The minimum atomic E-state index is -0.661. The standard InChI is InChI=1S/C18H23NO2S2/c1-3-4-10-16(20)13(2)17(21)19-15(12-23-18(19)22)11-14-8-6-5-7-9-14/h3,5-9,13,15-16,20H,1,4,10-12H2,2H3/t13-,15-,16+/m0/s1. The van der Waals surface area contributed by atoms with Crippen LogP contribution < -0.4 is 0 Å². The highest BCUT2D eigenvalue weighted by molar-refractivity contribution is 8.23. The van der Waals surface area contributed by atoms with Crippen molar-refractivity contribution in [3.63, 3.8) is 0 Å². The summed E-state index contributed by atoms with van der Waals surface area (Å²) in [5, 5.41) is 10.2. The van der Waals surface area contributed by atoms with Gasteiger partial charge in [0.05, 0.1) is 18.1 Å². The van der Waals surface area contributed by atoms with Crippen molar-refractivity contribution in [2.75, 3.05) is 5.75 Å². The first-order valence-electron chi connectivity index (χ1n) is 7.87. The average molecular weight is 350 g/mol. The quantitative estimate of drug-likeness (QED) is 0.605. The predicted octanol–water partition coefficient (Wildman–Crippen LogP) is 3.42. The van der Waals surface area contributed by atoms with E-state index in [0.717, 1.165) is 12.2 Å². The van der Waals surface area contributed by atoms with Crippen LogP contribution in [-0.4, -0.2) is 38.1 Å². The first-order chi connectivity index (χ1) is 11.0. The SMILES string of the molecule is C=CCC[C@@H](O)[C@H](C)C(=O)N1C(=S)SC[C@@H]1Cc1ccccc1. The first kappa shape index (κ1) is 18.2. The molecule has 2 rings (SSSR count). The zero-order chi connectivity index (χ0) is 16.8. The number of rotatable bonds is 7. The van der Waals surface area contributed by atoms with Crippen LogP contribution in [0.1, 0.15) is 25.3 Å². The van der Waals surface area contributed by atoms with Gasteiger partial charge < -0.3 is 5.11 Å². The van der Waals surface area contributed by atoms with Crippen molar-refractivity contribution in [2.45, 2.75) is 38.3 Å². The number of carbonyl (C=O) groups excluding carboxylic acids is 1. The molecular formula is C18H23NO2S2. The first-order valence-corrected chi connectivity index (χ1v) is 9.26. The van der Waals surface area contributed by atoms with Crippen LogP contribution in [0, 0.1) is 5.92 Å². The number of thioether (sulfide) groups is 1.